The van der Waals surface area contributed by atoms with Crippen LogP contribution in [0.15, 0.2) is 0 Å². The molecule has 0 aromatic rings. The Morgan fingerprint density at radius 2 is 1.93 bits per heavy atom. The van der Waals surface area contributed by atoms with Gasteiger partial charge in [-0.15, -0.1) is 0 Å². The lowest BCUT2D eigenvalue weighted by Crippen LogP contribution is -2.59. The standard InChI is InChI=1S/C11H22O3Si/c1-10(2,3)15(4,5)14-11(6-7-12)8-13-9-11/h7H,6,8-9H2,1-5H3. The van der Waals surface area contributed by atoms with E-state index in [2.05, 4.69) is 33.9 Å². The Morgan fingerprint density at radius 1 is 1.40 bits per heavy atom. The molecule has 0 bridgehead atoms. The molecule has 0 spiro atoms. The van der Waals surface area contributed by atoms with E-state index in [0.717, 1.165) is 6.29 Å². The summed E-state index contributed by atoms with van der Waals surface area (Å²) in [5.74, 6) is 0. The lowest BCUT2D eigenvalue weighted by molar-refractivity contribution is -0.171. The van der Waals surface area contributed by atoms with Gasteiger partial charge < -0.3 is 14.0 Å². The van der Waals surface area contributed by atoms with Crippen LogP contribution in [-0.4, -0.2) is 33.4 Å². The van der Waals surface area contributed by atoms with Crippen molar-refractivity contribution in [1.29, 1.82) is 0 Å². The fraction of sp³-hybridized carbons (Fsp3) is 0.909. The van der Waals surface area contributed by atoms with E-state index in [0.29, 0.717) is 19.6 Å². The fourth-order valence-electron chi connectivity index (χ4n) is 1.39. The number of hydrogen-bond acceptors (Lipinski definition) is 3. The van der Waals surface area contributed by atoms with Crippen LogP contribution in [0.4, 0.5) is 0 Å². The van der Waals surface area contributed by atoms with Gasteiger partial charge in [0.15, 0.2) is 8.32 Å². The van der Waals surface area contributed by atoms with Crippen molar-refractivity contribution in [2.24, 2.45) is 0 Å². The van der Waals surface area contributed by atoms with Crippen LogP contribution in [0, 0.1) is 0 Å². The van der Waals surface area contributed by atoms with E-state index < -0.39 is 8.32 Å². The molecule has 0 aliphatic carbocycles. The summed E-state index contributed by atoms with van der Waals surface area (Å²) in [4.78, 5) is 10.6. The number of aldehydes is 1. The third-order valence-corrected chi connectivity index (χ3v) is 8.02. The lowest BCUT2D eigenvalue weighted by Gasteiger charge is -2.49. The lowest BCUT2D eigenvalue weighted by atomic mass is 9.99. The normalized spacial score (nSPS) is 20.9. The second kappa shape index (κ2) is 4.00. The highest BCUT2D eigenvalue weighted by Gasteiger charge is 2.48. The maximum absolute atomic E-state index is 10.6. The number of hydrogen-bond donors (Lipinski definition) is 0. The molecule has 0 unspecified atom stereocenters. The zero-order valence-corrected chi connectivity index (χ0v) is 11.4. The largest absolute Gasteiger partial charge is 0.406 e. The van der Waals surface area contributed by atoms with Gasteiger partial charge in [-0.2, -0.15) is 0 Å². The molecule has 4 heteroatoms. The number of carbonyl (C=O) groups is 1. The second-order valence-electron chi connectivity index (χ2n) is 5.91. The summed E-state index contributed by atoms with van der Waals surface area (Å²) in [6.45, 7) is 12.2. The van der Waals surface area contributed by atoms with Crippen LogP contribution in [0.3, 0.4) is 0 Å². The van der Waals surface area contributed by atoms with Crippen LogP contribution in [0.25, 0.3) is 0 Å². The minimum absolute atomic E-state index is 0.179. The Kier molecular flexibility index (Phi) is 3.43. The van der Waals surface area contributed by atoms with E-state index in [1.807, 2.05) is 0 Å². The molecule has 88 valence electrons. The monoisotopic (exact) mass is 230 g/mol. The number of carbonyl (C=O) groups excluding carboxylic acids is 1. The molecule has 1 saturated heterocycles. The van der Waals surface area contributed by atoms with E-state index in [1.54, 1.807) is 0 Å². The fourth-order valence-corrected chi connectivity index (χ4v) is 2.98. The summed E-state index contributed by atoms with van der Waals surface area (Å²) in [6.07, 6.45) is 1.40. The molecule has 0 saturated carbocycles. The van der Waals surface area contributed by atoms with E-state index in [1.165, 1.54) is 0 Å². The summed E-state index contributed by atoms with van der Waals surface area (Å²) in [6, 6.07) is 0. The van der Waals surface area contributed by atoms with E-state index in [9.17, 15) is 4.79 Å². The van der Waals surface area contributed by atoms with E-state index in [-0.39, 0.29) is 10.6 Å². The molecule has 0 aromatic carbocycles. The molecular weight excluding hydrogens is 208 g/mol. The van der Waals surface area contributed by atoms with Crippen molar-refractivity contribution < 1.29 is 14.0 Å². The van der Waals surface area contributed by atoms with Gasteiger partial charge in [-0.25, -0.2) is 0 Å². The Morgan fingerprint density at radius 3 is 2.20 bits per heavy atom. The first-order valence-corrected chi connectivity index (χ1v) is 8.35. The van der Waals surface area contributed by atoms with Crippen LogP contribution in [0.1, 0.15) is 27.2 Å². The van der Waals surface area contributed by atoms with Crippen LogP contribution in [0.5, 0.6) is 0 Å². The molecular formula is C11H22O3Si. The average Bonchev–Trinajstić information content (AvgIpc) is 1.98. The molecule has 1 aliphatic rings. The summed E-state index contributed by atoms with van der Waals surface area (Å²) >= 11 is 0. The van der Waals surface area contributed by atoms with Crippen molar-refractivity contribution in [2.75, 3.05) is 13.2 Å². The van der Waals surface area contributed by atoms with Gasteiger partial charge in [0.2, 0.25) is 0 Å². The molecule has 1 rings (SSSR count). The third-order valence-electron chi connectivity index (χ3n) is 3.46. The Balaban J connectivity index is 2.70. The van der Waals surface area contributed by atoms with Gasteiger partial charge in [-0.05, 0) is 18.1 Å². The zero-order chi connectivity index (χ0) is 11.7. The molecule has 0 atom stereocenters. The van der Waals surface area contributed by atoms with Gasteiger partial charge in [0, 0.05) is 6.42 Å². The first-order chi connectivity index (χ1) is 6.72. The van der Waals surface area contributed by atoms with Crippen molar-refractivity contribution in [3.05, 3.63) is 0 Å². The van der Waals surface area contributed by atoms with Crippen LogP contribution in [-0.2, 0) is 14.0 Å². The summed E-state index contributed by atoms with van der Waals surface area (Å²) in [5.41, 5.74) is -0.315. The summed E-state index contributed by atoms with van der Waals surface area (Å²) in [5, 5.41) is 0.179. The van der Waals surface area contributed by atoms with E-state index in [4.69, 9.17) is 9.16 Å². The highest BCUT2D eigenvalue weighted by Crippen LogP contribution is 2.41. The summed E-state index contributed by atoms with van der Waals surface area (Å²) < 4.78 is 11.4. The highest BCUT2D eigenvalue weighted by atomic mass is 28.4. The van der Waals surface area contributed by atoms with Gasteiger partial charge >= 0.3 is 0 Å². The Labute approximate surface area is 93.3 Å². The number of rotatable bonds is 4. The van der Waals surface area contributed by atoms with Crippen LogP contribution in [0.2, 0.25) is 18.1 Å². The van der Waals surface area contributed by atoms with Crippen molar-refractivity contribution in [1.82, 2.24) is 0 Å². The molecule has 15 heavy (non-hydrogen) atoms. The van der Waals surface area contributed by atoms with Crippen LogP contribution < -0.4 is 0 Å². The minimum Gasteiger partial charge on any atom is -0.406 e. The second-order valence-corrected chi connectivity index (χ2v) is 10.6. The topological polar surface area (TPSA) is 35.5 Å². The number of ether oxygens (including phenoxy) is 1. The molecule has 0 N–H and O–H groups in total. The molecule has 1 aliphatic heterocycles. The predicted octanol–water partition coefficient (Wildman–Crippen LogP) is 2.37. The van der Waals surface area contributed by atoms with Crippen molar-refractivity contribution >= 4 is 14.6 Å². The van der Waals surface area contributed by atoms with Gasteiger partial charge in [0.1, 0.15) is 11.9 Å². The first-order valence-electron chi connectivity index (χ1n) is 5.44. The zero-order valence-electron chi connectivity index (χ0n) is 10.4. The minimum atomic E-state index is -1.79. The average molecular weight is 230 g/mol. The van der Waals surface area contributed by atoms with Crippen LogP contribution >= 0.6 is 0 Å². The maximum atomic E-state index is 10.6. The summed E-state index contributed by atoms with van der Waals surface area (Å²) in [7, 11) is -1.79. The van der Waals surface area contributed by atoms with E-state index >= 15 is 0 Å². The van der Waals surface area contributed by atoms with Gasteiger partial charge in [-0.3, -0.25) is 0 Å². The molecule has 3 nitrogen and oxygen atoms in total. The maximum Gasteiger partial charge on any atom is 0.193 e. The predicted molar refractivity (Wildman–Crippen MR) is 62.5 cm³/mol. The smallest absolute Gasteiger partial charge is 0.193 e. The third kappa shape index (κ3) is 2.68. The Bertz CT molecular complexity index is 239. The highest BCUT2D eigenvalue weighted by molar-refractivity contribution is 6.74. The van der Waals surface area contributed by atoms with Gasteiger partial charge in [0.05, 0.1) is 13.2 Å². The Hall–Kier alpha value is -0.193. The molecule has 1 heterocycles. The van der Waals surface area contributed by atoms with Gasteiger partial charge in [0.25, 0.3) is 0 Å². The van der Waals surface area contributed by atoms with Crippen molar-refractivity contribution in [3.8, 4) is 0 Å². The molecule has 0 aromatic heterocycles. The quantitative estimate of drug-likeness (QED) is 0.549. The van der Waals surface area contributed by atoms with Crippen molar-refractivity contribution in [3.63, 3.8) is 0 Å². The molecule has 1 fully saturated rings. The first kappa shape index (κ1) is 12.9. The SMILES string of the molecule is CC(C)(C)[Si](C)(C)OC1(CC=O)COC1. The van der Waals surface area contributed by atoms with Crippen molar-refractivity contribution in [2.45, 2.75) is 50.9 Å². The van der Waals surface area contributed by atoms with Gasteiger partial charge in [-0.1, -0.05) is 20.8 Å². The molecule has 0 radical (unpaired) electrons. The molecule has 0 amide bonds.